The van der Waals surface area contributed by atoms with Crippen LogP contribution in [0.4, 0.5) is 0 Å². The van der Waals surface area contributed by atoms with Gasteiger partial charge in [0.15, 0.2) is 0 Å². The van der Waals surface area contributed by atoms with Gasteiger partial charge in [0, 0.05) is 22.4 Å². The molecule has 0 spiro atoms. The summed E-state index contributed by atoms with van der Waals surface area (Å²) < 4.78 is 0. The number of carbonyl (C=O) groups excluding carboxylic acids is 1. The molecule has 28 heavy (non-hydrogen) atoms. The van der Waals surface area contributed by atoms with Crippen LogP contribution in [0, 0.1) is 0 Å². The zero-order valence-electron chi connectivity index (χ0n) is 18.5. The number of unbranched alkanes of at least 4 members (excludes halogenated alkanes) is 19. The molecule has 0 aromatic carbocycles. The first-order chi connectivity index (χ1) is 13.2. The van der Waals surface area contributed by atoms with Gasteiger partial charge in [0.1, 0.15) is 6.10 Å². The summed E-state index contributed by atoms with van der Waals surface area (Å²) in [5.74, 6) is 0. The first-order valence-electron chi connectivity index (χ1n) is 12.1. The van der Waals surface area contributed by atoms with Crippen molar-refractivity contribution in [3.63, 3.8) is 0 Å². The third-order valence-corrected chi connectivity index (χ3v) is 5.91. The Morgan fingerprint density at radius 3 is 1.11 bits per heavy atom. The molecule has 0 aliphatic heterocycles. The minimum Gasteiger partial charge on any atom is -0.384 e. The van der Waals surface area contributed by atoms with E-state index < -0.39 is 11.2 Å². The second-order valence-electron chi connectivity index (χ2n) is 8.36. The molecule has 0 amide bonds. The van der Waals surface area contributed by atoms with Crippen molar-refractivity contribution in [1.29, 1.82) is 0 Å². The summed E-state index contributed by atoms with van der Waals surface area (Å²) in [7, 11) is 0. The van der Waals surface area contributed by atoms with Gasteiger partial charge in [-0.1, -0.05) is 135 Å². The SMILES string of the molecule is CCCCCCCCCCCCCCCCCCCCCC[C@H](O)C(=O)S.[Ag]. The van der Waals surface area contributed by atoms with Gasteiger partial charge in [0.05, 0.1) is 0 Å². The summed E-state index contributed by atoms with van der Waals surface area (Å²) in [5, 5.41) is 8.96. The quantitative estimate of drug-likeness (QED) is 0.0883. The maximum absolute atomic E-state index is 10.8. The predicted molar refractivity (Wildman–Crippen MR) is 123 cm³/mol. The number of rotatable bonds is 22. The van der Waals surface area contributed by atoms with Crippen LogP contribution >= 0.6 is 12.6 Å². The van der Waals surface area contributed by atoms with Gasteiger partial charge in [-0.25, -0.2) is 0 Å². The molecule has 0 rings (SSSR count). The van der Waals surface area contributed by atoms with Gasteiger partial charge in [0.2, 0.25) is 5.12 Å². The Labute approximate surface area is 197 Å². The minimum atomic E-state index is -0.858. The fourth-order valence-corrected chi connectivity index (χ4v) is 3.85. The Morgan fingerprint density at radius 2 is 0.857 bits per heavy atom. The topological polar surface area (TPSA) is 37.3 Å². The molecule has 0 aliphatic carbocycles. The molecule has 0 heterocycles. The van der Waals surface area contributed by atoms with Crippen molar-refractivity contribution in [1.82, 2.24) is 0 Å². The molecule has 0 aromatic rings. The van der Waals surface area contributed by atoms with E-state index in [9.17, 15) is 9.90 Å². The van der Waals surface area contributed by atoms with E-state index in [4.69, 9.17) is 0 Å². The second kappa shape index (κ2) is 25.8. The van der Waals surface area contributed by atoms with Crippen LogP contribution in [-0.2, 0) is 27.2 Å². The molecule has 173 valence electrons. The zero-order valence-corrected chi connectivity index (χ0v) is 20.9. The Balaban J connectivity index is 0. The maximum atomic E-state index is 10.8. The van der Waals surface area contributed by atoms with E-state index in [0.717, 1.165) is 12.8 Å². The smallest absolute Gasteiger partial charge is 0.214 e. The number of thiol groups is 1. The average molecular weight is 509 g/mol. The van der Waals surface area contributed by atoms with Gasteiger partial charge in [-0.3, -0.25) is 4.79 Å². The Morgan fingerprint density at radius 1 is 0.607 bits per heavy atom. The predicted octanol–water partition coefficient (Wildman–Crippen LogP) is 8.01. The molecule has 2 nitrogen and oxygen atoms in total. The van der Waals surface area contributed by atoms with E-state index in [1.165, 1.54) is 116 Å². The van der Waals surface area contributed by atoms with Gasteiger partial charge in [-0.15, -0.1) is 12.6 Å². The van der Waals surface area contributed by atoms with Crippen LogP contribution in [0.25, 0.3) is 0 Å². The number of aliphatic hydroxyl groups excluding tert-OH is 1. The normalized spacial score (nSPS) is 12.0. The van der Waals surface area contributed by atoms with Crippen molar-refractivity contribution in [3.05, 3.63) is 0 Å². The van der Waals surface area contributed by atoms with Gasteiger partial charge in [-0.2, -0.15) is 0 Å². The average Bonchev–Trinajstić information content (AvgIpc) is 2.66. The van der Waals surface area contributed by atoms with Gasteiger partial charge in [0.25, 0.3) is 0 Å². The summed E-state index contributed by atoms with van der Waals surface area (Å²) in [5.41, 5.74) is 0. The van der Waals surface area contributed by atoms with Crippen molar-refractivity contribution in [3.8, 4) is 0 Å². The van der Waals surface area contributed by atoms with Crippen molar-refractivity contribution in [2.75, 3.05) is 0 Å². The molecule has 0 aromatic heterocycles. The number of hydrogen-bond donors (Lipinski definition) is 2. The van der Waals surface area contributed by atoms with Gasteiger partial charge in [-0.05, 0) is 6.42 Å². The van der Waals surface area contributed by atoms with E-state index in [-0.39, 0.29) is 22.4 Å². The fourth-order valence-electron chi connectivity index (χ4n) is 3.72. The van der Waals surface area contributed by atoms with Crippen LogP contribution in [0.1, 0.15) is 142 Å². The van der Waals surface area contributed by atoms with E-state index in [0.29, 0.717) is 6.42 Å². The van der Waals surface area contributed by atoms with Crippen LogP contribution < -0.4 is 0 Å². The molecular weight excluding hydrogens is 460 g/mol. The summed E-state index contributed by atoms with van der Waals surface area (Å²) in [6, 6.07) is 0. The second-order valence-corrected chi connectivity index (χ2v) is 8.80. The van der Waals surface area contributed by atoms with Crippen LogP contribution in [0.3, 0.4) is 0 Å². The monoisotopic (exact) mass is 507 g/mol. The Hall–Kier alpha value is 0.720. The minimum absolute atomic E-state index is 0. The van der Waals surface area contributed by atoms with Crippen molar-refractivity contribution in [2.24, 2.45) is 0 Å². The standard InChI is InChI=1S/C24H48O2S.Ag/c1-2-3-4-5-6-7-8-9-10-11-12-13-14-15-16-17-18-19-20-21-22-23(25)24(26)27;/h23,25H,2-22H2,1H3,(H,26,27);/t23-;/m0./s1. The van der Waals surface area contributed by atoms with E-state index in [1.54, 1.807) is 0 Å². The zero-order chi connectivity index (χ0) is 20.0. The van der Waals surface area contributed by atoms with Crippen molar-refractivity contribution in [2.45, 2.75) is 148 Å². The Bertz CT molecular complexity index is 313. The van der Waals surface area contributed by atoms with E-state index in [2.05, 4.69) is 19.6 Å². The summed E-state index contributed by atoms with van der Waals surface area (Å²) in [6.07, 6.45) is 27.0. The summed E-state index contributed by atoms with van der Waals surface area (Å²) in [6.45, 7) is 2.29. The summed E-state index contributed by atoms with van der Waals surface area (Å²) >= 11 is 3.65. The Kier molecular flexibility index (Phi) is 28.4. The molecule has 1 radical (unpaired) electrons. The molecule has 0 saturated carbocycles. The van der Waals surface area contributed by atoms with Crippen LogP contribution in [0.5, 0.6) is 0 Å². The van der Waals surface area contributed by atoms with Crippen LogP contribution in [0.15, 0.2) is 0 Å². The van der Waals surface area contributed by atoms with Crippen molar-refractivity contribution < 1.29 is 32.3 Å². The third-order valence-electron chi connectivity index (χ3n) is 5.62. The van der Waals surface area contributed by atoms with E-state index >= 15 is 0 Å². The molecule has 0 aliphatic rings. The molecule has 1 N–H and O–H groups in total. The van der Waals surface area contributed by atoms with Gasteiger partial charge < -0.3 is 5.11 Å². The number of hydrogen-bond acceptors (Lipinski definition) is 2. The first kappa shape index (κ1) is 30.9. The molecule has 0 bridgehead atoms. The molecule has 0 unspecified atom stereocenters. The van der Waals surface area contributed by atoms with Crippen LogP contribution in [0.2, 0.25) is 0 Å². The number of carbonyl (C=O) groups is 1. The molecular formula is C24H48AgO2S. The first-order valence-corrected chi connectivity index (χ1v) is 12.5. The molecule has 0 saturated heterocycles. The third kappa shape index (κ3) is 24.8. The molecule has 0 fully saturated rings. The largest absolute Gasteiger partial charge is 0.384 e. The molecule has 4 heteroatoms. The summed E-state index contributed by atoms with van der Waals surface area (Å²) in [4.78, 5) is 10.8. The molecule has 1 atom stereocenters. The van der Waals surface area contributed by atoms with Crippen LogP contribution in [-0.4, -0.2) is 16.3 Å². The van der Waals surface area contributed by atoms with E-state index in [1.807, 2.05) is 0 Å². The number of aliphatic hydroxyl groups is 1. The van der Waals surface area contributed by atoms with Crippen molar-refractivity contribution >= 4 is 17.7 Å². The maximum Gasteiger partial charge on any atom is 0.214 e. The van der Waals surface area contributed by atoms with Gasteiger partial charge >= 0.3 is 0 Å². The fraction of sp³-hybridized carbons (Fsp3) is 0.958.